The van der Waals surface area contributed by atoms with Crippen LogP contribution in [0.1, 0.15) is 21.6 Å². The number of nitro groups is 1. The summed E-state index contributed by atoms with van der Waals surface area (Å²) in [5, 5.41) is 15.1. The van der Waals surface area contributed by atoms with Crippen LogP contribution in [0.5, 0.6) is 0 Å². The summed E-state index contributed by atoms with van der Waals surface area (Å²) in [6.07, 6.45) is 1.88. The van der Waals surface area contributed by atoms with Gasteiger partial charge in [0.15, 0.2) is 0 Å². The second-order valence-electron chi connectivity index (χ2n) is 6.25. The summed E-state index contributed by atoms with van der Waals surface area (Å²) in [6.45, 7) is 5.63. The third-order valence-corrected chi connectivity index (χ3v) is 4.69. The van der Waals surface area contributed by atoms with Crippen molar-refractivity contribution in [2.45, 2.75) is 13.5 Å². The molecule has 25 heavy (non-hydrogen) atoms. The first-order valence-corrected chi connectivity index (χ1v) is 8.19. The van der Waals surface area contributed by atoms with Crippen molar-refractivity contribution in [2.24, 2.45) is 7.05 Å². The molecule has 0 bridgehead atoms. The van der Waals surface area contributed by atoms with Gasteiger partial charge in [0.2, 0.25) is 0 Å². The van der Waals surface area contributed by atoms with Gasteiger partial charge in [-0.25, -0.2) is 0 Å². The predicted octanol–water partition coefficient (Wildman–Crippen LogP) is 1.59. The van der Waals surface area contributed by atoms with Crippen LogP contribution in [-0.4, -0.2) is 56.6 Å². The van der Waals surface area contributed by atoms with Crippen LogP contribution in [0.3, 0.4) is 0 Å². The Kier molecular flexibility index (Phi) is 4.80. The maximum atomic E-state index is 12.6. The van der Waals surface area contributed by atoms with Crippen LogP contribution >= 0.6 is 0 Å². The fourth-order valence-corrected chi connectivity index (χ4v) is 2.98. The normalized spacial score (nSPS) is 15.4. The van der Waals surface area contributed by atoms with E-state index in [-0.39, 0.29) is 11.6 Å². The number of rotatable bonds is 4. The minimum atomic E-state index is -0.481. The van der Waals surface area contributed by atoms with Crippen molar-refractivity contribution in [3.63, 3.8) is 0 Å². The molecule has 0 spiro atoms. The largest absolute Gasteiger partial charge is 0.336 e. The number of hydrogen-bond acceptors (Lipinski definition) is 5. The van der Waals surface area contributed by atoms with E-state index < -0.39 is 4.92 Å². The molecule has 1 aliphatic rings. The molecule has 2 aromatic rings. The summed E-state index contributed by atoms with van der Waals surface area (Å²) in [5.74, 6) is -0.152. The van der Waals surface area contributed by atoms with Crippen molar-refractivity contribution in [3.8, 4) is 0 Å². The molecule has 0 radical (unpaired) electrons. The molecule has 8 heteroatoms. The minimum absolute atomic E-state index is 0.0588. The van der Waals surface area contributed by atoms with Gasteiger partial charge < -0.3 is 4.90 Å². The number of amides is 1. The highest BCUT2D eigenvalue weighted by atomic mass is 16.6. The summed E-state index contributed by atoms with van der Waals surface area (Å²) < 4.78 is 1.86. The van der Waals surface area contributed by atoms with E-state index in [2.05, 4.69) is 10.00 Å². The Morgan fingerprint density at radius 3 is 2.60 bits per heavy atom. The maximum absolute atomic E-state index is 12.6. The lowest BCUT2D eigenvalue weighted by Gasteiger charge is -2.34. The topological polar surface area (TPSA) is 84.5 Å². The quantitative estimate of drug-likeness (QED) is 0.622. The fourth-order valence-electron chi connectivity index (χ4n) is 2.98. The van der Waals surface area contributed by atoms with Crippen LogP contribution in [0.2, 0.25) is 0 Å². The first kappa shape index (κ1) is 17.1. The third-order valence-electron chi connectivity index (χ3n) is 4.69. The smallest absolute Gasteiger partial charge is 0.270 e. The maximum Gasteiger partial charge on any atom is 0.270 e. The lowest BCUT2D eigenvalue weighted by Crippen LogP contribution is -2.48. The Labute approximate surface area is 145 Å². The van der Waals surface area contributed by atoms with Crippen LogP contribution in [0.4, 0.5) is 5.69 Å². The van der Waals surface area contributed by atoms with Crippen LogP contribution in [0.15, 0.2) is 30.5 Å². The van der Waals surface area contributed by atoms with E-state index in [9.17, 15) is 14.9 Å². The molecule has 1 aromatic heterocycles. The lowest BCUT2D eigenvalue weighted by molar-refractivity contribution is -0.384. The molecule has 1 amide bonds. The lowest BCUT2D eigenvalue weighted by atomic mass is 10.1. The number of carbonyl (C=O) groups is 1. The average Bonchev–Trinajstić information content (AvgIpc) is 2.94. The van der Waals surface area contributed by atoms with Gasteiger partial charge in [0.05, 0.1) is 11.1 Å². The molecule has 0 aliphatic carbocycles. The van der Waals surface area contributed by atoms with E-state index in [4.69, 9.17) is 0 Å². The molecule has 0 atom stereocenters. The predicted molar refractivity (Wildman–Crippen MR) is 92.2 cm³/mol. The molecule has 2 heterocycles. The van der Waals surface area contributed by atoms with Crippen molar-refractivity contribution < 1.29 is 9.72 Å². The number of aromatic nitrogens is 2. The zero-order valence-electron chi connectivity index (χ0n) is 14.4. The van der Waals surface area contributed by atoms with Gasteiger partial charge in [-0.2, -0.15) is 5.10 Å². The van der Waals surface area contributed by atoms with Crippen LogP contribution in [0, 0.1) is 17.0 Å². The number of nitrogens with zero attached hydrogens (tertiary/aromatic N) is 5. The van der Waals surface area contributed by atoms with Gasteiger partial charge in [-0.15, -0.1) is 0 Å². The number of benzene rings is 1. The highest BCUT2D eigenvalue weighted by Gasteiger charge is 2.23. The monoisotopic (exact) mass is 343 g/mol. The number of non-ortho nitro benzene ring substituents is 1. The van der Waals surface area contributed by atoms with Crippen molar-refractivity contribution >= 4 is 11.6 Å². The van der Waals surface area contributed by atoms with Gasteiger partial charge in [0.1, 0.15) is 0 Å². The van der Waals surface area contributed by atoms with Gasteiger partial charge in [-0.05, 0) is 13.0 Å². The standard InChI is InChI=1S/C17H21N5O3/c1-13-15(11-18-19(13)2)12-20-6-8-21(9-7-20)17(23)14-4-3-5-16(10-14)22(24)25/h3-5,10-11H,6-9,12H2,1-2H3. The van der Waals surface area contributed by atoms with E-state index in [0.717, 1.165) is 25.3 Å². The minimum Gasteiger partial charge on any atom is -0.336 e. The van der Waals surface area contributed by atoms with Crippen LogP contribution in [0.25, 0.3) is 0 Å². The van der Waals surface area contributed by atoms with Gasteiger partial charge >= 0.3 is 0 Å². The summed E-state index contributed by atoms with van der Waals surface area (Å²) in [7, 11) is 1.93. The van der Waals surface area contributed by atoms with Gasteiger partial charge in [0.25, 0.3) is 11.6 Å². The summed E-state index contributed by atoms with van der Waals surface area (Å²) in [4.78, 5) is 27.0. The Bertz CT molecular complexity index is 793. The number of nitro benzene ring substituents is 1. The van der Waals surface area contributed by atoms with Crippen LogP contribution < -0.4 is 0 Å². The molecule has 3 rings (SSSR count). The Morgan fingerprint density at radius 2 is 2.00 bits per heavy atom. The molecular formula is C17H21N5O3. The molecule has 1 aliphatic heterocycles. The zero-order valence-corrected chi connectivity index (χ0v) is 14.4. The number of carbonyl (C=O) groups excluding carboxylic acids is 1. The van der Waals surface area contributed by atoms with E-state index in [1.54, 1.807) is 17.0 Å². The first-order valence-electron chi connectivity index (χ1n) is 8.19. The van der Waals surface area contributed by atoms with E-state index in [1.807, 2.05) is 24.9 Å². The SMILES string of the molecule is Cc1c(CN2CCN(C(=O)c3cccc([N+](=O)[O-])c3)CC2)cnn1C. The van der Waals surface area contributed by atoms with Crippen LogP contribution in [-0.2, 0) is 13.6 Å². The van der Waals surface area contributed by atoms with Gasteiger partial charge in [-0.1, -0.05) is 6.07 Å². The molecule has 132 valence electrons. The van der Waals surface area contributed by atoms with E-state index in [1.165, 1.54) is 17.7 Å². The second kappa shape index (κ2) is 7.02. The summed E-state index contributed by atoms with van der Waals surface area (Å²) in [6, 6.07) is 5.91. The average molecular weight is 343 g/mol. The van der Waals surface area contributed by atoms with Crippen molar-refractivity contribution in [1.82, 2.24) is 19.6 Å². The Morgan fingerprint density at radius 1 is 1.28 bits per heavy atom. The summed E-state index contributed by atoms with van der Waals surface area (Å²) >= 11 is 0. The number of piperazine rings is 1. The third kappa shape index (κ3) is 3.69. The Hall–Kier alpha value is -2.74. The van der Waals surface area contributed by atoms with Crippen molar-refractivity contribution in [2.75, 3.05) is 26.2 Å². The number of aryl methyl sites for hydroxylation is 1. The molecule has 1 saturated heterocycles. The zero-order chi connectivity index (χ0) is 18.0. The molecule has 0 N–H and O–H groups in total. The molecule has 1 fully saturated rings. The van der Waals surface area contributed by atoms with E-state index >= 15 is 0 Å². The number of hydrogen-bond donors (Lipinski definition) is 0. The first-order chi connectivity index (χ1) is 12.0. The Balaban J connectivity index is 1.60. The van der Waals surface area contributed by atoms with Gasteiger partial charge in [0, 0.05) is 68.7 Å². The molecule has 0 unspecified atom stereocenters. The molecule has 8 nitrogen and oxygen atoms in total. The highest BCUT2D eigenvalue weighted by molar-refractivity contribution is 5.94. The summed E-state index contributed by atoms with van der Waals surface area (Å²) in [5.41, 5.74) is 2.65. The molecular weight excluding hydrogens is 322 g/mol. The highest BCUT2D eigenvalue weighted by Crippen LogP contribution is 2.17. The van der Waals surface area contributed by atoms with Crippen molar-refractivity contribution in [1.29, 1.82) is 0 Å². The fraction of sp³-hybridized carbons (Fsp3) is 0.412. The van der Waals surface area contributed by atoms with Gasteiger partial charge in [-0.3, -0.25) is 24.5 Å². The molecule has 0 saturated carbocycles. The molecule has 1 aromatic carbocycles. The van der Waals surface area contributed by atoms with E-state index in [0.29, 0.717) is 18.7 Å². The second-order valence-corrected chi connectivity index (χ2v) is 6.25. The van der Waals surface area contributed by atoms with Crippen molar-refractivity contribution in [3.05, 3.63) is 57.4 Å².